The third kappa shape index (κ3) is 4.29. The number of piperidine rings is 1. The highest BCUT2D eigenvalue weighted by molar-refractivity contribution is 6.01. The van der Waals surface area contributed by atoms with Crippen molar-refractivity contribution in [2.75, 3.05) is 37.7 Å². The number of nitrogens with zero attached hydrogens (tertiary/aromatic N) is 2. The van der Waals surface area contributed by atoms with E-state index in [1.165, 1.54) is 0 Å². The smallest absolute Gasteiger partial charge is 0.309 e. The molecular weight excluding hydrogens is 360 g/mol. The van der Waals surface area contributed by atoms with Crippen LogP contribution in [0.15, 0.2) is 24.3 Å². The number of rotatable bonds is 6. The van der Waals surface area contributed by atoms with E-state index in [9.17, 15) is 14.4 Å². The third-order valence-corrected chi connectivity index (χ3v) is 5.36. The second-order valence-electron chi connectivity index (χ2n) is 7.16. The molecule has 0 aliphatic carbocycles. The van der Waals surface area contributed by atoms with Crippen molar-refractivity contribution in [3.05, 3.63) is 24.3 Å². The molecule has 2 heterocycles. The Morgan fingerprint density at radius 1 is 1.07 bits per heavy atom. The Balaban J connectivity index is 1.61. The van der Waals surface area contributed by atoms with Crippen LogP contribution in [0.2, 0.25) is 0 Å². The molecule has 0 saturated carbocycles. The van der Waals surface area contributed by atoms with Crippen LogP contribution in [0.1, 0.15) is 33.1 Å². The zero-order valence-electron chi connectivity index (χ0n) is 16.6. The molecule has 28 heavy (non-hydrogen) atoms. The van der Waals surface area contributed by atoms with E-state index < -0.39 is 0 Å². The molecule has 1 atom stereocenters. The van der Waals surface area contributed by atoms with E-state index in [1.807, 2.05) is 31.2 Å². The first-order valence-corrected chi connectivity index (χ1v) is 10.0. The Kier molecular flexibility index (Phi) is 6.54. The standard InChI is InChI=1S/C21H28N2O5/c1-3-27-18-8-6-5-7-17(18)23-14-16(13-19(23)24)20(25)22-11-9-15(10-12-22)21(26)28-4-2/h5-8,15-16H,3-4,9-14H2,1-2H3. The molecule has 0 radical (unpaired) electrons. The van der Waals surface area contributed by atoms with E-state index in [2.05, 4.69) is 0 Å². The van der Waals surface area contributed by atoms with Gasteiger partial charge in [-0.1, -0.05) is 12.1 Å². The fourth-order valence-electron chi connectivity index (χ4n) is 3.92. The molecule has 2 amide bonds. The Morgan fingerprint density at radius 3 is 2.46 bits per heavy atom. The lowest BCUT2D eigenvalue weighted by Gasteiger charge is -2.32. The van der Waals surface area contributed by atoms with Gasteiger partial charge in [-0.25, -0.2) is 0 Å². The number of anilines is 1. The first-order valence-electron chi connectivity index (χ1n) is 10.0. The zero-order chi connectivity index (χ0) is 20.1. The molecule has 1 unspecified atom stereocenters. The minimum Gasteiger partial charge on any atom is -0.492 e. The van der Waals surface area contributed by atoms with Crippen molar-refractivity contribution in [1.82, 2.24) is 4.90 Å². The van der Waals surface area contributed by atoms with Crippen LogP contribution in [0.3, 0.4) is 0 Å². The third-order valence-electron chi connectivity index (χ3n) is 5.36. The summed E-state index contributed by atoms with van der Waals surface area (Å²) in [6.07, 6.45) is 1.43. The van der Waals surface area contributed by atoms with Gasteiger partial charge in [0.25, 0.3) is 0 Å². The van der Waals surface area contributed by atoms with Gasteiger partial charge in [-0.3, -0.25) is 14.4 Å². The summed E-state index contributed by atoms with van der Waals surface area (Å²) < 4.78 is 10.7. The molecule has 2 saturated heterocycles. The van der Waals surface area contributed by atoms with E-state index in [1.54, 1.807) is 16.7 Å². The Hall–Kier alpha value is -2.57. The van der Waals surface area contributed by atoms with Crippen molar-refractivity contribution in [3.63, 3.8) is 0 Å². The van der Waals surface area contributed by atoms with Crippen LogP contribution in [0, 0.1) is 11.8 Å². The predicted octanol–water partition coefficient (Wildman–Crippen LogP) is 2.24. The van der Waals surface area contributed by atoms with Crippen molar-refractivity contribution >= 4 is 23.5 Å². The Labute approximate surface area is 165 Å². The van der Waals surface area contributed by atoms with Crippen LogP contribution in [-0.2, 0) is 19.1 Å². The van der Waals surface area contributed by atoms with Crippen LogP contribution < -0.4 is 9.64 Å². The first-order chi connectivity index (χ1) is 13.5. The number of amides is 2. The summed E-state index contributed by atoms with van der Waals surface area (Å²) in [7, 11) is 0. The van der Waals surface area contributed by atoms with Crippen molar-refractivity contribution in [1.29, 1.82) is 0 Å². The van der Waals surface area contributed by atoms with Gasteiger partial charge >= 0.3 is 5.97 Å². The van der Waals surface area contributed by atoms with Gasteiger partial charge in [-0.15, -0.1) is 0 Å². The Morgan fingerprint density at radius 2 is 1.79 bits per heavy atom. The molecule has 1 aromatic carbocycles. The monoisotopic (exact) mass is 388 g/mol. The average Bonchev–Trinajstić information content (AvgIpc) is 3.10. The van der Waals surface area contributed by atoms with Crippen molar-refractivity contribution in [2.24, 2.45) is 11.8 Å². The van der Waals surface area contributed by atoms with Crippen molar-refractivity contribution in [3.8, 4) is 5.75 Å². The predicted molar refractivity (Wildman–Crippen MR) is 104 cm³/mol. The molecule has 3 rings (SSSR count). The fourth-order valence-corrected chi connectivity index (χ4v) is 3.92. The summed E-state index contributed by atoms with van der Waals surface area (Å²) >= 11 is 0. The maximum absolute atomic E-state index is 12.9. The number of esters is 1. The van der Waals surface area contributed by atoms with E-state index >= 15 is 0 Å². The topological polar surface area (TPSA) is 76.2 Å². The minimum absolute atomic E-state index is 0.00736. The molecule has 0 spiro atoms. The maximum atomic E-state index is 12.9. The molecule has 7 heteroatoms. The van der Waals surface area contributed by atoms with Crippen LogP contribution in [0.25, 0.3) is 0 Å². The first kappa shape index (κ1) is 20.2. The second-order valence-corrected chi connectivity index (χ2v) is 7.16. The summed E-state index contributed by atoms with van der Waals surface area (Å²) in [6, 6.07) is 7.41. The van der Waals surface area contributed by atoms with E-state index in [-0.39, 0.29) is 36.0 Å². The molecule has 2 aliphatic rings. The highest BCUT2D eigenvalue weighted by Crippen LogP contribution is 2.34. The fraction of sp³-hybridized carbons (Fsp3) is 0.571. The number of likely N-dealkylation sites (tertiary alicyclic amines) is 1. The summed E-state index contributed by atoms with van der Waals surface area (Å²) in [5.74, 6) is -0.0879. The molecule has 152 valence electrons. The average molecular weight is 388 g/mol. The highest BCUT2D eigenvalue weighted by Gasteiger charge is 2.39. The van der Waals surface area contributed by atoms with E-state index in [4.69, 9.17) is 9.47 Å². The molecule has 0 bridgehead atoms. The number of hydrogen-bond acceptors (Lipinski definition) is 5. The molecule has 0 N–H and O–H groups in total. The molecule has 0 aromatic heterocycles. The SMILES string of the molecule is CCOC(=O)C1CCN(C(=O)C2CC(=O)N(c3ccccc3OCC)C2)CC1. The number of para-hydroxylation sites is 2. The summed E-state index contributed by atoms with van der Waals surface area (Å²) in [6.45, 7) is 6.00. The number of carbonyl (C=O) groups excluding carboxylic acids is 3. The van der Waals surface area contributed by atoms with Crippen LogP contribution >= 0.6 is 0 Å². The van der Waals surface area contributed by atoms with Crippen LogP contribution in [-0.4, -0.2) is 55.5 Å². The summed E-state index contributed by atoms with van der Waals surface area (Å²) in [5.41, 5.74) is 0.714. The van der Waals surface area contributed by atoms with Gasteiger partial charge in [0.2, 0.25) is 11.8 Å². The van der Waals surface area contributed by atoms with Crippen molar-refractivity contribution < 1.29 is 23.9 Å². The molecular formula is C21H28N2O5. The summed E-state index contributed by atoms with van der Waals surface area (Å²) in [4.78, 5) is 40.8. The van der Waals surface area contributed by atoms with Gasteiger partial charge < -0.3 is 19.3 Å². The van der Waals surface area contributed by atoms with Crippen molar-refractivity contribution in [2.45, 2.75) is 33.1 Å². The lowest BCUT2D eigenvalue weighted by atomic mass is 9.95. The van der Waals surface area contributed by atoms with Crippen LogP contribution in [0.4, 0.5) is 5.69 Å². The molecule has 1 aromatic rings. The van der Waals surface area contributed by atoms with Gasteiger partial charge in [0.15, 0.2) is 0 Å². The number of carbonyl (C=O) groups is 3. The quantitative estimate of drug-likeness (QED) is 0.699. The minimum atomic E-state index is -0.360. The van der Waals surface area contributed by atoms with E-state index in [0.717, 1.165) is 0 Å². The van der Waals surface area contributed by atoms with Gasteiger partial charge in [0.1, 0.15) is 5.75 Å². The van der Waals surface area contributed by atoms with Crippen LogP contribution in [0.5, 0.6) is 5.75 Å². The number of benzene rings is 1. The maximum Gasteiger partial charge on any atom is 0.309 e. The van der Waals surface area contributed by atoms with Gasteiger partial charge in [0.05, 0.1) is 30.7 Å². The molecule has 7 nitrogen and oxygen atoms in total. The highest BCUT2D eigenvalue weighted by atomic mass is 16.5. The lowest BCUT2D eigenvalue weighted by Crippen LogP contribution is -2.44. The summed E-state index contributed by atoms with van der Waals surface area (Å²) in [5, 5.41) is 0. The molecule has 2 fully saturated rings. The second kappa shape index (κ2) is 9.08. The lowest BCUT2D eigenvalue weighted by molar-refractivity contribution is -0.151. The van der Waals surface area contributed by atoms with Gasteiger partial charge in [-0.05, 0) is 38.8 Å². The number of hydrogen-bond donors (Lipinski definition) is 0. The van der Waals surface area contributed by atoms with E-state index in [0.29, 0.717) is 57.1 Å². The zero-order valence-corrected chi connectivity index (χ0v) is 16.6. The molecule has 2 aliphatic heterocycles. The van der Waals surface area contributed by atoms with Gasteiger partial charge in [-0.2, -0.15) is 0 Å². The normalized spacial score (nSPS) is 20.4. The van der Waals surface area contributed by atoms with Gasteiger partial charge in [0, 0.05) is 26.1 Å². The Bertz CT molecular complexity index is 727. The largest absolute Gasteiger partial charge is 0.492 e. The number of ether oxygens (including phenoxy) is 2.